The minimum Gasteiger partial charge on any atom is -0.444 e. The van der Waals surface area contributed by atoms with Crippen LogP contribution in [0.15, 0.2) is 0 Å². The van der Waals surface area contributed by atoms with E-state index in [1.54, 1.807) is 4.90 Å². The first kappa shape index (κ1) is 17.8. The number of likely N-dealkylation sites (tertiary alicyclic amines) is 1. The monoisotopic (exact) mass is 349 g/mol. The molecule has 0 aliphatic carbocycles. The maximum Gasteiger partial charge on any atom is 0.410 e. The first-order valence-corrected chi connectivity index (χ1v) is 8.47. The normalized spacial score (nSPS) is 19.2. The highest BCUT2D eigenvalue weighted by Crippen LogP contribution is 2.29. The molecule has 0 bridgehead atoms. The molecule has 0 aromatic rings. The number of carbonyl (C=O) groups excluding carboxylic acids is 1. The largest absolute Gasteiger partial charge is 0.444 e. The molecule has 0 N–H and O–H groups in total. The van der Waals surface area contributed by atoms with Crippen molar-refractivity contribution in [3.05, 3.63) is 0 Å². The van der Waals surface area contributed by atoms with Crippen molar-refractivity contribution < 1.29 is 14.3 Å². The Bertz CT molecular complexity index is 318. The lowest BCUT2D eigenvalue weighted by atomic mass is 9.93. The van der Waals surface area contributed by atoms with Crippen molar-refractivity contribution in [1.29, 1.82) is 0 Å². The Kier molecular flexibility index (Phi) is 6.32. The van der Waals surface area contributed by atoms with Gasteiger partial charge in [-0.3, -0.25) is 0 Å². The highest BCUT2D eigenvalue weighted by Gasteiger charge is 2.37. The van der Waals surface area contributed by atoms with Crippen LogP contribution in [0.3, 0.4) is 0 Å². The highest BCUT2D eigenvalue weighted by atomic mass is 79.9. The summed E-state index contributed by atoms with van der Waals surface area (Å²) in [6.07, 6.45) is 1.48. The summed E-state index contributed by atoms with van der Waals surface area (Å²) in [4.78, 5) is 13.8. The van der Waals surface area contributed by atoms with Gasteiger partial charge in [0, 0.05) is 25.0 Å². The van der Waals surface area contributed by atoms with Crippen molar-refractivity contribution in [3.8, 4) is 0 Å². The summed E-state index contributed by atoms with van der Waals surface area (Å²) in [7, 11) is 0. The third-order valence-corrected chi connectivity index (χ3v) is 4.31. The molecule has 1 aliphatic rings. The van der Waals surface area contributed by atoms with Gasteiger partial charge in [0.1, 0.15) is 5.60 Å². The van der Waals surface area contributed by atoms with Crippen LogP contribution >= 0.6 is 15.9 Å². The van der Waals surface area contributed by atoms with Crippen LogP contribution in [0.5, 0.6) is 0 Å². The lowest BCUT2D eigenvalue weighted by molar-refractivity contribution is -0.0768. The third kappa shape index (κ3) is 5.60. The molecular weight excluding hydrogens is 322 g/mol. The predicted molar refractivity (Wildman–Crippen MR) is 84.4 cm³/mol. The zero-order valence-corrected chi connectivity index (χ0v) is 15.0. The second-order valence-electron chi connectivity index (χ2n) is 6.99. The minimum atomic E-state index is -0.435. The molecule has 0 saturated carbocycles. The van der Waals surface area contributed by atoms with Crippen LogP contribution in [0.2, 0.25) is 0 Å². The van der Waals surface area contributed by atoms with Gasteiger partial charge in [-0.1, -0.05) is 29.8 Å². The van der Waals surface area contributed by atoms with E-state index < -0.39 is 5.60 Å². The number of rotatable bonds is 4. The van der Waals surface area contributed by atoms with Crippen molar-refractivity contribution in [2.45, 2.75) is 58.7 Å². The Morgan fingerprint density at radius 3 is 2.25 bits per heavy atom. The fraction of sp³-hybridized carbons (Fsp3) is 0.933. The lowest BCUT2D eigenvalue weighted by Gasteiger charge is -2.41. The fourth-order valence-electron chi connectivity index (χ4n) is 2.08. The number of piperidine rings is 1. The molecule has 4 nitrogen and oxygen atoms in total. The maximum absolute atomic E-state index is 12.0. The number of nitrogens with zero attached hydrogens (tertiary/aromatic N) is 1. The van der Waals surface area contributed by atoms with Crippen LogP contribution in [-0.2, 0) is 9.47 Å². The molecule has 1 fully saturated rings. The highest BCUT2D eigenvalue weighted by molar-refractivity contribution is 9.09. The number of hydrogen-bond donors (Lipinski definition) is 0. The average Bonchev–Trinajstić information content (AvgIpc) is 2.35. The molecule has 1 saturated heterocycles. The smallest absolute Gasteiger partial charge is 0.410 e. The van der Waals surface area contributed by atoms with Gasteiger partial charge >= 0.3 is 6.09 Å². The van der Waals surface area contributed by atoms with Crippen LogP contribution < -0.4 is 0 Å². The van der Waals surface area contributed by atoms with Gasteiger partial charge in [-0.25, -0.2) is 4.79 Å². The molecule has 0 spiro atoms. The van der Waals surface area contributed by atoms with E-state index >= 15 is 0 Å². The lowest BCUT2D eigenvalue weighted by Crippen LogP contribution is -2.50. The summed E-state index contributed by atoms with van der Waals surface area (Å²) in [5, 5.41) is 0.814. The molecule has 0 unspecified atom stereocenters. The van der Waals surface area contributed by atoms with Crippen molar-refractivity contribution in [2.75, 3.05) is 25.0 Å². The molecule has 20 heavy (non-hydrogen) atoms. The summed E-state index contributed by atoms with van der Waals surface area (Å²) in [6.45, 7) is 12.1. The van der Waals surface area contributed by atoms with E-state index in [1.165, 1.54) is 0 Å². The zero-order chi connectivity index (χ0) is 15.4. The van der Waals surface area contributed by atoms with Gasteiger partial charge in [-0.15, -0.1) is 0 Å². The summed E-state index contributed by atoms with van der Waals surface area (Å²) in [6, 6.07) is 0. The topological polar surface area (TPSA) is 38.8 Å². The molecule has 0 radical (unpaired) electrons. The van der Waals surface area contributed by atoms with Crippen molar-refractivity contribution in [3.63, 3.8) is 0 Å². The van der Waals surface area contributed by atoms with Crippen molar-refractivity contribution >= 4 is 22.0 Å². The molecule has 1 amide bonds. The Labute approximate surface area is 131 Å². The van der Waals surface area contributed by atoms with E-state index in [0.717, 1.165) is 24.8 Å². The number of ether oxygens (including phenoxy) is 2. The van der Waals surface area contributed by atoms with Gasteiger partial charge in [0.15, 0.2) is 0 Å². The molecule has 0 atom stereocenters. The van der Waals surface area contributed by atoms with E-state index in [-0.39, 0.29) is 11.7 Å². The van der Waals surface area contributed by atoms with Gasteiger partial charge in [-0.05, 0) is 39.5 Å². The first-order chi connectivity index (χ1) is 9.17. The van der Waals surface area contributed by atoms with E-state index in [4.69, 9.17) is 9.47 Å². The SMILES string of the molecule is CC(C)COC1(CBr)CCN(C(=O)OC(C)(C)C)CC1. The molecule has 0 aromatic carbocycles. The summed E-state index contributed by atoms with van der Waals surface area (Å²) < 4.78 is 11.5. The fourth-order valence-corrected chi connectivity index (χ4v) is 2.81. The molecule has 5 heteroatoms. The van der Waals surface area contributed by atoms with E-state index in [0.29, 0.717) is 19.0 Å². The number of amides is 1. The van der Waals surface area contributed by atoms with Gasteiger partial charge in [0.25, 0.3) is 0 Å². The minimum absolute atomic E-state index is 0.136. The molecular formula is C15H28BrNO3. The zero-order valence-electron chi connectivity index (χ0n) is 13.4. The van der Waals surface area contributed by atoms with E-state index in [2.05, 4.69) is 29.8 Å². The molecule has 1 aliphatic heterocycles. The summed E-state index contributed by atoms with van der Waals surface area (Å²) in [5.74, 6) is 0.523. The Hall–Kier alpha value is -0.290. The quantitative estimate of drug-likeness (QED) is 0.724. The van der Waals surface area contributed by atoms with E-state index in [1.807, 2.05) is 20.8 Å². The van der Waals surface area contributed by atoms with Gasteiger partial charge in [0.05, 0.1) is 5.60 Å². The summed E-state index contributed by atoms with van der Waals surface area (Å²) >= 11 is 3.56. The second kappa shape index (κ2) is 7.12. The maximum atomic E-state index is 12.0. The van der Waals surface area contributed by atoms with E-state index in [9.17, 15) is 4.79 Å². The van der Waals surface area contributed by atoms with Gasteiger partial charge < -0.3 is 14.4 Å². The number of hydrogen-bond acceptors (Lipinski definition) is 3. The average molecular weight is 350 g/mol. The van der Waals surface area contributed by atoms with Gasteiger partial charge in [-0.2, -0.15) is 0 Å². The molecule has 118 valence electrons. The van der Waals surface area contributed by atoms with Crippen LogP contribution in [0, 0.1) is 5.92 Å². The van der Waals surface area contributed by atoms with Crippen LogP contribution in [0.1, 0.15) is 47.5 Å². The van der Waals surface area contributed by atoms with Crippen LogP contribution in [0.25, 0.3) is 0 Å². The first-order valence-electron chi connectivity index (χ1n) is 7.35. The Morgan fingerprint density at radius 2 is 1.85 bits per heavy atom. The standard InChI is InChI=1S/C15H28BrNO3/c1-12(2)10-19-15(11-16)6-8-17(9-7-15)13(18)20-14(3,4)5/h12H,6-11H2,1-5H3. The molecule has 1 heterocycles. The van der Waals surface area contributed by atoms with Crippen LogP contribution in [0.4, 0.5) is 4.79 Å². The van der Waals surface area contributed by atoms with Crippen LogP contribution in [-0.4, -0.2) is 47.2 Å². The Morgan fingerprint density at radius 1 is 1.30 bits per heavy atom. The second-order valence-corrected chi connectivity index (χ2v) is 7.55. The number of halogens is 1. The van der Waals surface area contributed by atoms with Gasteiger partial charge in [0.2, 0.25) is 0 Å². The summed E-state index contributed by atoms with van der Waals surface area (Å²) in [5.41, 5.74) is -0.571. The Balaban J connectivity index is 2.50. The molecule has 1 rings (SSSR count). The van der Waals surface area contributed by atoms with Crippen molar-refractivity contribution in [1.82, 2.24) is 4.90 Å². The number of alkyl halides is 1. The third-order valence-electron chi connectivity index (χ3n) is 3.29. The predicted octanol–water partition coefficient (Wildman–Crippen LogP) is 3.82. The number of carbonyl (C=O) groups is 1. The molecule has 0 aromatic heterocycles. The van der Waals surface area contributed by atoms with Crippen molar-refractivity contribution in [2.24, 2.45) is 5.92 Å².